The van der Waals surface area contributed by atoms with Crippen LogP contribution >= 0.6 is 0 Å². The minimum Gasteiger partial charge on any atom is -0.467 e. The highest BCUT2D eigenvalue weighted by molar-refractivity contribution is 5.98. The maximum Gasteiger partial charge on any atom is 0.251 e. The second-order valence-electron chi connectivity index (χ2n) is 4.48. The van der Waals surface area contributed by atoms with Crippen molar-refractivity contribution in [1.82, 2.24) is 10.3 Å². The predicted octanol–water partition coefficient (Wildman–Crippen LogP) is 1.52. The summed E-state index contributed by atoms with van der Waals surface area (Å²) in [4.78, 5) is 18.4. The van der Waals surface area contributed by atoms with Crippen LogP contribution in [0.2, 0.25) is 0 Å². The number of nitrogens with one attached hydrogen (secondary N) is 1. The van der Waals surface area contributed by atoms with Crippen molar-refractivity contribution in [3.05, 3.63) is 48.2 Å². The predicted molar refractivity (Wildman–Crippen MR) is 70.8 cm³/mol. The number of pyridine rings is 1. The van der Waals surface area contributed by atoms with Gasteiger partial charge in [0, 0.05) is 24.6 Å². The number of carbonyl (C=O) groups excluding carboxylic acids is 1. The Kier molecular flexibility index (Phi) is 3.05. The second-order valence-corrected chi connectivity index (χ2v) is 4.48. The van der Waals surface area contributed by atoms with E-state index in [9.17, 15) is 4.79 Å². The van der Waals surface area contributed by atoms with Gasteiger partial charge in [0.05, 0.1) is 6.26 Å². The van der Waals surface area contributed by atoms with E-state index in [1.165, 1.54) is 0 Å². The Balaban J connectivity index is 1.99. The summed E-state index contributed by atoms with van der Waals surface area (Å²) >= 11 is 0. The number of anilines is 1. The summed E-state index contributed by atoms with van der Waals surface area (Å²) in [6.07, 6.45) is 5.82. The molecular weight excluding hydrogens is 242 g/mol. The lowest BCUT2D eigenvalue weighted by molar-refractivity contribution is -0.120. The number of aromatic nitrogens is 1. The van der Waals surface area contributed by atoms with Gasteiger partial charge in [-0.25, -0.2) is 0 Å². The first-order valence-corrected chi connectivity index (χ1v) is 6.26. The summed E-state index contributed by atoms with van der Waals surface area (Å²) in [5.41, 5.74) is 1.95. The van der Waals surface area contributed by atoms with E-state index in [1.807, 2.05) is 18.2 Å². The average molecular weight is 257 g/mol. The van der Waals surface area contributed by atoms with Gasteiger partial charge in [0.15, 0.2) is 0 Å². The van der Waals surface area contributed by atoms with Crippen LogP contribution in [-0.2, 0) is 11.2 Å². The number of hydrogen-bond donors (Lipinski definition) is 1. The molecule has 2 aromatic rings. The molecule has 1 atom stereocenters. The van der Waals surface area contributed by atoms with Crippen LogP contribution in [0, 0.1) is 0 Å². The zero-order valence-corrected chi connectivity index (χ0v) is 10.7. The minimum atomic E-state index is -0.430. The Morgan fingerprint density at radius 1 is 1.37 bits per heavy atom. The van der Waals surface area contributed by atoms with Crippen molar-refractivity contribution in [2.45, 2.75) is 12.5 Å². The lowest BCUT2D eigenvalue weighted by atomic mass is 10.1. The molecule has 1 N–H and O–H groups in total. The molecule has 2 aromatic heterocycles. The summed E-state index contributed by atoms with van der Waals surface area (Å²) in [6.45, 7) is 0.646. The van der Waals surface area contributed by atoms with Gasteiger partial charge in [0.25, 0.3) is 5.91 Å². The van der Waals surface area contributed by atoms with Gasteiger partial charge < -0.3 is 14.6 Å². The van der Waals surface area contributed by atoms with Crippen molar-refractivity contribution in [2.24, 2.45) is 0 Å². The number of rotatable bonds is 2. The average Bonchev–Trinajstić information content (AvgIpc) is 2.85. The van der Waals surface area contributed by atoms with Crippen LogP contribution in [0.3, 0.4) is 0 Å². The normalized spacial score (nSPS) is 19.1. The van der Waals surface area contributed by atoms with E-state index in [0.717, 1.165) is 23.4 Å². The molecule has 0 aliphatic carbocycles. The number of fused-ring (bicyclic) bond motifs is 1. The third kappa shape index (κ3) is 2.02. The van der Waals surface area contributed by atoms with Gasteiger partial charge in [-0.2, -0.15) is 0 Å². The number of hydrogen-bond acceptors (Lipinski definition) is 4. The van der Waals surface area contributed by atoms with E-state index < -0.39 is 6.04 Å². The van der Waals surface area contributed by atoms with Crippen LogP contribution in [0.15, 0.2) is 41.3 Å². The second kappa shape index (κ2) is 4.85. The van der Waals surface area contributed by atoms with E-state index in [1.54, 1.807) is 30.6 Å². The van der Waals surface area contributed by atoms with Gasteiger partial charge in [0.2, 0.25) is 0 Å². The zero-order valence-electron chi connectivity index (χ0n) is 10.7. The highest BCUT2D eigenvalue weighted by atomic mass is 16.3. The Morgan fingerprint density at radius 3 is 2.89 bits per heavy atom. The lowest BCUT2D eigenvalue weighted by Crippen LogP contribution is -2.39. The minimum absolute atomic E-state index is 0.00222. The Labute approximate surface area is 111 Å². The summed E-state index contributed by atoms with van der Waals surface area (Å²) in [6, 6.07) is 5.19. The highest BCUT2D eigenvalue weighted by Crippen LogP contribution is 2.28. The van der Waals surface area contributed by atoms with E-state index in [4.69, 9.17) is 4.42 Å². The van der Waals surface area contributed by atoms with Gasteiger partial charge in [-0.05, 0) is 37.2 Å². The molecule has 0 fully saturated rings. The Bertz CT molecular complexity index is 579. The molecule has 0 radical (unpaired) electrons. The molecule has 19 heavy (non-hydrogen) atoms. The Morgan fingerprint density at radius 2 is 2.16 bits per heavy atom. The fraction of sp³-hybridized carbons (Fsp3) is 0.286. The number of furan rings is 1. The van der Waals surface area contributed by atoms with Crippen LogP contribution < -0.4 is 10.2 Å². The monoisotopic (exact) mass is 257 g/mol. The molecule has 0 spiro atoms. The number of carbonyl (C=O) groups is 1. The van der Waals surface area contributed by atoms with E-state index in [-0.39, 0.29) is 5.91 Å². The van der Waals surface area contributed by atoms with Crippen LogP contribution in [0.4, 0.5) is 5.69 Å². The largest absolute Gasteiger partial charge is 0.467 e. The quantitative estimate of drug-likeness (QED) is 0.886. The van der Waals surface area contributed by atoms with Gasteiger partial charge >= 0.3 is 0 Å². The van der Waals surface area contributed by atoms with E-state index >= 15 is 0 Å². The van der Waals surface area contributed by atoms with Crippen molar-refractivity contribution in [3.8, 4) is 0 Å². The van der Waals surface area contributed by atoms with Crippen LogP contribution in [0.1, 0.15) is 17.4 Å². The van der Waals surface area contributed by atoms with Gasteiger partial charge in [-0.15, -0.1) is 0 Å². The summed E-state index contributed by atoms with van der Waals surface area (Å²) < 4.78 is 5.47. The van der Waals surface area contributed by atoms with E-state index in [2.05, 4.69) is 10.3 Å². The number of likely N-dealkylation sites (N-methyl/N-ethyl adjacent to an activating group) is 1. The number of nitrogens with zero attached hydrogens (tertiary/aromatic N) is 2. The molecule has 0 saturated heterocycles. The number of amides is 1. The molecule has 98 valence electrons. The van der Waals surface area contributed by atoms with Crippen LogP contribution in [0.25, 0.3) is 0 Å². The van der Waals surface area contributed by atoms with Crippen molar-refractivity contribution in [3.63, 3.8) is 0 Å². The molecule has 1 amide bonds. The molecule has 3 rings (SSSR count). The molecule has 0 saturated carbocycles. The molecule has 1 aliphatic rings. The van der Waals surface area contributed by atoms with Crippen molar-refractivity contribution in [2.75, 3.05) is 18.5 Å². The highest BCUT2D eigenvalue weighted by Gasteiger charge is 2.32. The fourth-order valence-electron chi connectivity index (χ4n) is 2.45. The first kappa shape index (κ1) is 11.9. The topological polar surface area (TPSA) is 58.4 Å². The molecule has 3 heterocycles. The SMILES string of the molecule is CNC1C(=O)N(c2ccncc2)CCc2ccoc21. The third-order valence-corrected chi connectivity index (χ3v) is 3.42. The molecular formula is C14H15N3O2. The van der Waals surface area contributed by atoms with Gasteiger partial charge in [-0.1, -0.05) is 0 Å². The molecule has 0 aromatic carbocycles. The van der Waals surface area contributed by atoms with Crippen LogP contribution in [-0.4, -0.2) is 24.5 Å². The van der Waals surface area contributed by atoms with Gasteiger partial charge in [0.1, 0.15) is 11.8 Å². The third-order valence-electron chi connectivity index (χ3n) is 3.42. The first-order chi connectivity index (χ1) is 9.31. The molecule has 5 heteroatoms. The van der Waals surface area contributed by atoms with Gasteiger partial charge in [-0.3, -0.25) is 9.78 Å². The first-order valence-electron chi connectivity index (χ1n) is 6.26. The van der Waals surface area contributed by atoms with Crippen molar-refractivity contribution < 1.29 is 9.21 Å². The smallest absolute Gasteiger partial charge is 0.251 e. The zero-order chi connectivity index (χ0) is 13.2. The summed E-state index contributed by atoms with van der Waals surface area (Å²) in [5.74, 6) is 0.728. The van der Waals surface area contributed by atoms with E-state index in [0.29, 0.717) is 6.54 Å². The van der Waals surface area contributed by atoms with Crippen LogP contribution in [0.5, 0.6) is 0 Å². The maximum atomic E-state index is 12.6. The maximum absolute atomic E-state index is 12.6. The summed E-state index contributed by atoms with van der Waals surface area (Å²) in [5, 5.41) is 3.04. The standard InChI is InChI=1S/C14H15N3O2/c1-15-12-13-10(5-9-19-13)4-8-17(14(12)18)11-2-6-16-7-3-11/h2-3,5-7,9,12,15H,4,8H2,1H3. The molecule has 1 aliphatic heterocycles. The fourth-order valence-corrected chi connectivity index (χ4v) is 2.45. The molecule has 0 bridgehead atoms. The lowest BCUT2D eigenvalue weighted by Gasteiger charge is -2.23. The molecule has 5 nitrogen and oxygen atoms in total. The van der Waals surface area contributed by atoms with Crippen molar-refractivity contribution in [1.29, 1.82) is 0 Å². The Hall–Kier alpha value is -2.14. The van der Waals surface area contributed by atoms with Crippen molar-refractivity contribution >= 4 is 11.6 Å². The molecule has 1 unspecified atom stereocenters. The summed E-state index contributed by atoms with van der Waals surface area (Å²) in [7, 11) is 1.77.